The van der Waals surface area contributed by atoms with Crippen LogP contribution in [0.1, 0.15) is 12.8 Å². The van der Waals surface area contributed by atoms with Crippen molar-refractivity contribution in [3.05, 3.63) is 0 Å². The number of nitrogens with zero attached hydrogens (tertiary/aromatic N) is 3. The number of hydrogen-bond acceptors (Lipinski definition) is 12. The third-order valence-electron chi connectivity index (χ3n) is 2.92. The van der Waals surface area contributed by atoms with Crippen molar-refractivity contribution in [3.63, 3.8) is 0 Å². The van der Waals surface area contributed by atoms with Crippen molar-refractivity contribution >= 4 is 36.2 Å². The van der Waals surface area contributed by atoms with E-state index < -0.39 is 41.8 Å². The van der Waals surface area contributed by atoms with Gasteiger partial charge in [-0.2, -0.15) is 26.8 Å². The molecule has 0 saturated carbocycles. The first-order valence-electron chi connectivity index (χ1n) is 8.34. The Morgan fingerprint density at radius 3 is 1.67 bits per heavy atom. The minimum Gasteiger partial charge on any atom is -0.463 e. The van der Waals surface area contributed by atoms with E-state index in [0.29, 0.717) is 0 Å². The van der Waals surface area contributed by atoms with E-state index in [-0.39, 0.29) is 57.1 Å². The fraction of sp³-hybridized carbons (Fsp3) is 0.750. The van der Waals surface area contributed by atoms with Crippen LogP contribution in [-0.2, 0) is 30.3 Å². The molecule has 0 fully saturated rings. The Morgan fingerprint density at radius 1 is 0.800 bits per heavy atom. The Morgan fingerprint density at radius 2 is 1.27 bits per heavy atom. The van der Waals surface area contributed by atoms with Crippen molar-refractivity contribution in [1.29, 1.82) is 0 Å². The minimum atomic E-state index is -4.14. The highest BCUT2D eigenvalue weighted by Gasteiger charge is 2.11. The fourth-order valence-corrected chi connectivity index (χ4v) is 3.20. The Bertz CT molecular complexity index is 857. The molecule has 0 bridgehead atoms. The Labute approximate surface area is 174 Å². The first-order chi connectivity index (χ1) is 13.7. The van der Waals surface area contributed by atoms with Crippen molar-refractivity contribution in [2.24, 2.45) is 0 Å². The van der Waals surface area contributed by atoms with Crippen molar-refractivity contribution in [3.8, 4) is 12.0 Å². The predicted octanol–water partition coefficient (Wildman–Crippen LogP) is -1.85. The van der Waals surface area contributed by atoms with Crippen LogP contribution >= 0.6 is 0 Å². The van der Waals surface area contributed by atoms with E-state index in [4.69, 9.17) is 18.6 Å². The summed E-state index contributed by atoms with van der Waals surface area (Å²) in [7, 11) is -11.7. The maximum atomic E-state index is 11.0. The average molecular weight is 494 g/mol. The van der Waals surface area contributed by atoms with Gasteiger partial charge in [-0.1, -0.05) is 0 Å². The molecule has 0 atom stereocenters. The lowest BCUT2D eigenvalue weighted by Crippen LogP contribution is -2.28. The molecule has 0 saturated heterocycles. The summed E-state index contributed by atoms with van der Waals surface area (Å²) in [5.41, 5.74) is 0. The molecule has 30 heavy (non-hydrogen) atoms. The summed E-state index contributed by atoms with van der Waals surface area (Å²) in [5, 5.41) is 2.71. The second-order valence-electron chi connectivity index (χ2n) is 5.79. The molecule has 18 heteroatoms. The SMILES string of the molecule is CS(=O)(=O)NCCNc1nc(OCCCS(=O)(=O)O)nc(OCCCS(=O)(=O)O)n1. The van der Waals surface area contributed by atoms with Gasteiger partial charge in [-0.3, -0.25) is 9.11 Å². The fourth-order valence-electron chi connectivity index (χ4n) is 1.77. The lowest BCUT2D eigenvalue weighted by Gasteiger charge is -2.10. The van der Waals surface area contributed by atoms with Gasteiger partial charge in [-0.05, 0) is 12.8 Å². The summed E-state index contributed by atoms with van der Waals surface area (Å²) >= 11 is 0. The van der Waals surface area contributed by atoms with Crippen LogP contribution in [-0.4, -0.2) is 93.4 Å². The Hall–Kier alpha value is -1.86. The van der Waals surface area contributed by atoms with Gasteiger partial charge in [0.2, 0.25) is 16.0 Å². The normalized spacial score (nSPS) is 12.5. The minimum absolute atomic E-state index is 0.0274. The molecule has 0 radical (unpaired) electrons. The van der Waals surface area contributed by atoms with E-state index >= 15 is 0 Å². The van der Waals surface area contributed by atoms with Gasteiger partial charge in [0, 0.05) is 13.1 Å². The summed E-state index contributed by atoms with van der Waals surface area (Å²) in [6, 6.07) is -0.493. The van der Waals surface area contributed by atoms with Gasteiger partial charge in [0.1, 0.15) is 0 Å². The standard InChI is InChI=1S/C12H23N5O10S3/c1-28(18,19)14-5-4-13-10-15-11(26-6-2-8-29(20,21)22)17-12(16-10)27-7-3-9-30(23,24)25/h14H,2-9H2,1H3,(H,20,21,22)(H,23,24,25)(H,13,15,16,17). The van der Waals surface area contributed by atoms with Crippen LogP contribution in [0.3, 0.4) is 0 Å². The molecule has 1 aromatic rings. The highest BCUT2D eigenvalue weighted by molar-refractivity contribution is 7.88. The van der Waals surface area contributed by atoms with Crippen LogP contribution in [0.4, 0.5) is 5.95 Å². The highest BCUT2D eigenvalue weighted by atomic mass is 32.2. The number of rotatable bonds is 15. The molecule has 0 spiro atoms. The number of aromatic nitrogens is 3. The number of anilines is 1. The van der Waals surface area contributed by atoms with E-state index in [2.05, 4.69) is 25.0 Å². The largest absolute Gasteiger partial charge is 0.463 e. The maximum absolute atomic E-state index is 11.0. The van der Waals surface area contributed by atoms with Crippen LogP contribution in [0.25, 0.3) is 0 Å². The summed E-state index contributed by atoms with van der Waals surface area (Å²) < 4.78 is 94.9. The van der Waals surface area contributed by atoms with Crippen LogP contribution in [0.15, 0.2) is 0 Å². The van der Waals surface area contributed by atoms with E-state index in [1.807, 2.05) is 0 Å². The summed E-state index contributed by atoms with van der Waals surface area (Å²) in [6.07, 6.45) is 0.902. The summed E-state index contributed by atoms with van der Waals surface area (Å²) in [4.78, 5) is 11.6. The third kappa shape index (κ3) is 14.2. The topological polar surface area (TPSA) is 224 Å². The smallest absolute Gasteiger partial charge is 0.324 e. The zero-order chi connectivity index (χ0) is 22.8. The number of hydrogen-bond donors (Lipinski definition) is 4. The molecule has 1 rings (SSSR count). The molecule has 0 unspecified atom stereocenters. The Kier molecular flexibility index (Phi) is 10.0. The number of sulfonamides is 1. The van der Waals surface area contributed by atoms with Gasteiger partial charge < -0.3 is 14.8 Å². The molecule has 15 nitrogen and oxygen atoms in total. The zero-order valence-corrected chi connectivity index (χ0v) is 18.3. The molecular weight excluding hydrogens is 470 g/mol. The first kappa shape index (κ1) is 26.2. The molecule has 1 heterocycles. The molecule has 174 valence electrons. The summed E-state index contributed by atoms with van der Waals surface area (Å²) in [6.45, 7) is -0.177. The second kappa shape index (κ2) is 11.5. The van der Waals surface area contributed by atoms with Crippen LogP contribution < -0.4 is 19.5 Å². The van der Waals surface area contributed by atoms with Crippen LogP contribution in [0.5, 0.6) is 12.0 Å². The monoisotopic (exact) mass is 493 g/mol. The molecule has 4 N–H and O–H groups in total. The maximum Gasteiger partial charge on any atom is 0.324 e. The second-order valence-corrected chi connectivity index (χ2v) is 10.8. The van der Waals surface area contributed by atoms with Crippen LogP contribution in [0, 0.1) is 0 Å². The van der Waals surface area contributed by atoms with Gasteiger partial charge in [0.05, 0.1) is 31.0 Å². The van der Waals surface area contributed by atoms with Crippen molar-refractivity contribution in [2.75, 3.05) is 49.4 Å². The van der Waals surface area contributed by atoms with Gasteiger partial charge in [-0.25, -0.2) is 13.1 Å². The number of nitrogens with one attached hydrogen (secondary N) is 2. The van der Waals surface area contributed by atoms with Gasteiger partial charge in [0.25, 0.3) is 20.2 Å². The lowest BCUT2D eigenvalue weighted by atomic mass is 10.5. The lowest BCUT2D eigenvalue weighted by molar-refractivity contribution is 0.261. The predicted molar refractivity (Wildman–Crippen MR) is 104 cm³/mol. The van der Waals surface area contributed by atoms with Crippen molar-refractivity contribution in [2.45, 2.75) is 12.8 Å². The van der Waals surface area contributed by atoms with Gasteiger partial charge in [0.15, 0.2) is 0 Å². The van der Waals surface area contributed by atoms with E-state index in [9.17, 15) is 25.3 Å². The number of ether oxygens (including phenoxy) is 2. The zero-order valence-electron chi connectivity index (χ0n) is 15.9. The average Bonchev–Trinajstić information content (AvgIpc) is 2.57. The molecule has 0 aliphatic rings. The molecule has 0 amide bonds. The molecule has 0 aliphatic heterocycles. The van der Waals surface area contributed by atoms with Gasteiger partial charge >= 0.3 is 12.0 Å². The molecule has 0 aliphatic carbocycles. The molecule has 1 aromatic heterocycles. The van der Waals surface area contributed by atoms with Crippen molar-refractivity contribution in [1.82, 2.24) is 19.7 Å². The van der Waals surface area contributed by atoms with E-state index in [1.54, 1.807) is 0 Å². The summed E-state index contributed by atoms with van der Waals surface area (Å²) in [5.74, 6) is -1.10. The Balaban J connectivity index is 2.73. The van der Waals surface area contributed by atoms with E-state index in [1.165, 1.54) is 0 Å². The van der Waals surface area contributed by atoms with E-state index in [0.717, 1.165) is 6.26 Å². The van der Waals surface area contributed by atoms with Crippen LogP contribution in [0.2, 0.25) is 0 Å². The first-order valence-corrected chi connectivity index (χ1v) is 13.4. The van der Waals surface area contributed by atoms with Crippen molar-refractivity contribution < 1.29 is 43.8 Å². The third-order valence-corrected chi connectivity index (χ3v) is 5.26. The quantitative estimate of drug-likeness (QED) is 0.155. The molecule has 0 aromatic carbocycles. The van der Waals surface area contributed by atoms with Gasteiger partial charge in [-0.15, -0.1) is 4.98 Å². The molecular formula is C12H23N5O10S3. The highest BCUT2D eigenvalue weighted by Crippen LogP contribution is 2.13.